The van der Waals surface area contributed by atoms with Crippen molar-refractivity contribution in [1.29, 1.82) is 0 Å². The quantitative estimate of drug-likeness (QED) is 0.854. The van der Waals surface area contributed by atoms with E-state index in [2.05, 4.69) is 29.4 Å². The first-order valence-electron chi connectivity index (χ1n) is 7.15. The fourth-order valence-corrected chi connectivity index (χ4v) is 2.13. The summed E-state index contributed by atoms with van der Waals surface area (Å²) in [6.45, 7) is 2.61. The molecular weight excluding hydrogens is 286 g/mol. The normalized spacial score (nSPS) is 12.4. The second kappa shape index (κ2) is 7.48. The van der Waals surface area contributed by atoms with Crippen molar-refractivity contribution >= 4 is 11.6 Å². The van der Waals surface area contributed by atoms with Crippen LogP contribution in [0.15, 0.2) is 30.5 Å². The average Bonchev–Trinajstić information content (AvgIpc) is 2.83. The van der Waals surface area contributed by atoms with Gasteiger partial charge in [-0.3, -0.25) is 0 Å². The predicted octanol–water partition coefficient (Wildman–Crippen LogP) is 3.19. The van der Waals surface area contributed by atoms with Crippen molar-refractivity contribution in [3.05, 3.63) is 47.0 Å². The van der Waals surface area contributed by atoms with Gasteiger partial charge >= 0.3 is 0 Å². The Balaban J connectivity index is 1.86. The SMILES string of the molecule is CNC(C)CCc1ccc(OCc2ncc(Cl)n2C)cc1. The van der Waals surface area contributed by atoms with Gasteiger partial charge in [0.1, 0.15) is 23.3 Å². The minimum atomic E-state index is 0.416. The molecule has 4 nitrogen and oxygen atoms in total. The molecule has 2 rings (SSSR count). The van der Waals surface area contributed by atoms with Crippen molar-refractivity contribution in [3.8, 4) is 5.75 Å². The third kappa shape index (κ3) is 4.48. The topological polar surface area (TPSA) is 39.1 Å². The molecule has 1 aromatic carbocycles. The highest BCUT2D eigenvalue weighted by atomic mass is 35.5. The number of rotatable bonds is 7. The molecule has 114 valence electrons. The molecule has 2 aromatic rings. The third-order valence-electron chi connectivity index (χ3n) is 3.68. The van der Waals surface area contributed by atoms with Crippen molar-refractivity contribution in [2.45, 2.75) is 32.4 Å². The number of benzene rings is 1. The third-order valence-corrected chi connectivity index (χ3v) is 4.03. The van der Waals surface area contributed by atoms with Gasteiger partial charge in [0, 0.05) is 13.1 Å². The van der Waals surface area contributed by atoms with Gasteiger partial charge in [-0.25, -0.2) is 4.98 Å². The van der Waals surface area contributed by atoms with Gasteiger partial charge in [0.2, 0.25) is 0 Å². The van der Waals surface area contributed by atoms with E-state index in [1.165, 1.54) is 5.56 Å². The Hall–Kier alpha value is -1.52. The van der Waals surface area contributed by atoms with Crippen molar-refractivity contribution < 1.29 is 4.74 Å². The van der Waals surface area contributed by atoms with Gasteiger partial charge in [-0.15, -0.1) is 0 Å². The van der Waals surface area contributed by atoms with Crippen LogP contribution in [0.3, 0.4) is 0 Å². The van der Waals surface area contributed by atoms with Crippen LogP contribution in [0.1, 0.15) is 24.7 Å². The molecule has 0 aliphatic carbocycles. The molecule has 0 bridgehead atoms. The maximum atomic E-state index is 5.94. The zero-order valence-corrected chi connectivity index (χ0v) is 13.5. The fraction of sp³-hybridized carbons (Fsp3) is 0.438. The lowest BCUT2D eigenvalue weighted by atomic mass is 10.1. The molecule has 0 radical (unpaired) electrons. The smallest absolute Gasteiger partial charge is 0.147 e. The number of aromatic nitrogens is 2. The predicted molar refractivity (Wildman–Crippen MR) is 85.8 cm³/mol. The van der Waals surface area contributed by atoms with Crippen molar-refractivity contribution in [3.63, 3.8) is 0 Å². The molecule has 1 heterocycles. The summed E-state index contributed by atoms with van der Waals surface area (Å²) in [6, 6.07) is 8.77. The Kier molecular flexibility index (Phi) is 5.65. The number of hydrogen-bond donors (Lipinski definition) is 1. The van der Waals surface area contributed by atoms with Crippen LogP contribution in [0.4, 0.5) is 0 Å². The molecule has 5 heteroatoms. The number of nitrogens with zero attached hydrogens (tertiary/aromatic N) is 2. The highest BCUT2D eigenvalue weighted by Crippen LogP contribution is 2.16. The summed E-state index contributed by atoms with van der Waals surface area (Å²) in [5, 5.41) is 3.86. The van der Waals surface area contributed by atoms with Crippen LogP contribution in [0, 0.1) is 0 Å². The number of imidazole rings is 1. The van der Waals surface area contributed by atoms with Crippen LogP contribution in [0.2, 0.25) is 5.15 Å². The molecule has 21 heavy (non-hydrogen) atoms. The van der Waals surface area contributed by atoms with E-state index in [-0.39, 0.29) is 0 Å². The van der Waals surface area contributed by atoms with Crippen LogP contribution >= 0.6 is 11.6 Å². The summed E-state index contributed by atoms with van der Waals surface area (Å²) < 4.78 is 7.55. The summed E-state index contributed by atoms with van der Waals surface area (Å²) in [5.41, 5.74) is 1.32. The van der Waals surface area contributed by atoms with Crippen LogP contribution in [-0.4, -0.2) is 22.6 Å². The summed E-state index contributed by atoms with van der Waals surface area (Å²) in [6.07, 6.45) is 3.83. The fourth-order valence-electron chi connectivity index (χ4n) is 1.99. The highest BCUT2D eigenvalue weighted by molar-refractivity contribution is 6.29. The highest BCUT2D eigenvalue weighted by Gasteiger charge is 2.05. The largest absolute Gasteiger partial charge is 0.486 e. The first-order valence-corrected chi connectivity index (χ1v) is 7.53. The molecule has 1 atom stereocenters. The molecular formula is C16H22ClN3O. The van der Waals surface area contributed by atoms with Gasteiger partial charge < -0.3 is 14.6 Å². The molecule has 0 amide bonds. The van der Waals surface area contributed by atoms with Crippen LogP contribution in [0.25, 0.3) is 0 Å². The lowest BCUT2D eigenvalue weighted by molar-refractivity contribution is 0.292. The minimum Gasteiger partial charge on any atom is -0.486 e. The zero-order chi connectivity index (χ0) is 15.2. The number of nitrogens with one attached hydrogen (secondary N) is 1. The summed E-state index contributed by atoms with van der Waals surface area (Å²) in [7, 11) is 3.87. The molecule has 0 spiro atoms. The molecule has 1 unspecified atom stereocenters. The number of halogens is 1. The van der Waals surface area contributed by atoms with Crippen molar-refractivity contribution in [2.24, 2.45) is 7.05 Å². The van der Waals surface area contributed by atoms with Gasteiger partial charge in [0.05, 0.1) is 6.20 Å². The standard InChI is InChI=1S/C16H22ClN3O/c1-12(18-2)4-5-13-6-8-14(9-7-13)21-11-16-19-10-15(17)20(16)3/h6-10,12,18H,4-5,11H2,1-3H3. The monoisotopic (exact) mass is 307 g/mol. The summed E-state index contributed by atoms with van der Waals surface area (Å²) in [5.74, 6) is 1.66. The van der Waals surface area contributed by atoms with Gasteiger partial charge in [0.25, 0.3) is 0 Å². The minimum absolute atomic E-state index is 0.416. The second-order valence-corrected chi connectivity index (χ2v) is 5.60. The van der Waals surface area contributed by atoms with E-state index in [4.69, 9.17) is 16.3 Å². The molecule has 0 aliphatic heterocycles. The summed E-state index contributed by atoms with van der Waals surface area (Å²) in [4.78, 5) is 4.21. The Morgan fingerprint density at radius 3 is 2.62 bits per heavy atom. The molecule has 1 N–H and O–H groups in total. The van der Waals surface area contributed by atoms with E-state index < -0.39 is 0 Å². The first kappa shape index (κ1) is 15.9. The van der Waals surface area contributed by atoms with Gasteiger partial charge in [-0.1, -0.05) is 23.7 Å². The van der Waals surface area contributed by atoms with E-state index >= 15 is 0 Å². The van der Waals surface area contributed by atoms with E-state index in [9.17, 15) is 0 Å². The van der Waals surface area contributed by atoms with E-state index in [0.29, 0.717) is 17.8 Å². The molecule has 0 fully saturated rings. The average molecular weight is 308 g/mol. The van der Waals surface area contributed by atoms with Crippen LogP contribution in [-0.2, 0) is 20.1 Å². The molecule has 0 aliphatic rings. The number of aryl methyl sites for hydroxylation is 1. The number of ether oxygens (including phenoxy) is 1. The Labute approximate surface area is 131 Å². The van der Waals surface area contributed by atoms with Crippen molar-refractivity contribution in [2.75, 3.05) is 7.05 Å². The molecule has 1 aromatic heterocycles. The summed E-state index contributed by atoms with van der Waals surface area (Å²) >= 11 is 5.94. The Morgan fingerprint density at radius 1 is 1.33 bits per heavy atom. The van der Waals surface area contributed by atoms with Gasteiger partial charge in [-0.05, 0) is 44.5 Å². The van der Waals surface area contributed by atoms with E-state index in [1.807, 2.05) is 30.8 Å². The second-order valence-electron chi connectivity index (χ2n) is 5.22. The first-order chi connectivity index (χ1) is 10.1. The molecule has 0 saturated heterocycles. The Bertz CT molecular complexity index is 565. The number of hydrogen-bond acceptors (Lipinski definition) is 3. The lowest BCUT2D eigenvalue weighted by Crippen LogP contribution is -2.21. The maximum absolute atomic E-state index is 5.94. The maximum Gasteiger partial charge on any atom is 0.147 e. The van der Waals surface area contributed by atoms with Crippen LogP contribution in [0.5, 0.6) is 5.75 Å². The van der Waals surface area contributed by atoms with Crippen molar-refractivity contribution in [1.82, 2.24) is 14.9 Å². The van der Waals surface area contributed by atoms with Gasteiger partial charge in [-0.2, -0.15) is 0 Å². The van der Waals surface area contributed by atoms with E-state index in [0.717, 1.165) is 24.4 Å². The van der Waals surface area contributed by atoms with Gasteiger partial charge in [0.15, 0.2) is 0 Å². The van der Waals surface area contributed by atoms with E-state index in [1.54, 1.807) is 6.20 Å². The zero-order valence-electron chi connectivity index (χ0n) is 12.8. The lowest BCUT2D eigenvalue weighted by Gasteiger charge is -2.10. The van der Waals surface area contributed by atoms with Crippen LogP contribution < -0.4 is 10.1 Å². The Morgan fingerprint density at radius 2 is 2.05 bits per heavy atom. The molecule has 0 saturated carbocycles.